The number of hydrogen-bond donors (Lipinski definition) is 4. The van der Waals surface area contributed by atoms with Gasteiger partial charge in [-0.1, -0.05) is 0 Å². The molecule has 0 aliphatic carbocycles. The molecule has 0 saturated heterocycles. The number of nitrogens with one attached hydrogen (secondary N) is 2. The molecule has 0 radical (unpaired) electrons. The summed E-state index contributed by atoms with van der Waals surface area (Å²) in [5, 5.41) is 24.7. The Balaban J connectivity index is 1.91. The molecule has 0 aliphatic rings. The van der Waals surface area contributed by atoms with Gasteiger partial charge in [0.05, 0.1) is 13.3 Å². The Morgan fingerprint density at radius 2 is 1.79 bits per heavy atom. The third-order valence-corrected chi connectivity index (χ3v) is 2.94. The van der Waals surface area contributed by atoms with Crippen LogP contribution in [0.1, 0.15) is 5.56 Å². The number of benzene rings is 2. The van der Waals surface area contributed by atoms with Gasteiger partial charge in [0.15, 0.2) is 0 Å². The van der Waals surface area contributed by atoms with Crippen molar-refractivity contribution in [1.82, 2.24) is 5.43 Å². The van der Waals surface area contributed by atoms with Crippen molar-refractivity contribution in [3.63, 3.8) is 0 Å². The standard InChI is InChI=1S/C16H15N3O5/c1-24-13-6-3-11(4-7-13)18-15(22)16(23)19-17-9-10-2-5-12(20)8-14(10)21/h2-9,20-21H,1H3,(H,18,22)(H,19,23)/b17-9-. The molecule has 24 heavy (non-hydrogen) atoms. The second-order valence-corrected chi connectivity index (χ2v) is 4.62. The first-order valence-corrected chi connectivity index (χ1v) is 6.80. The van der Waals surface area contributed by atoms with Gasteiger partial charge in [0.1, 0.15) is 17.2 Å². The molecule has 2 aromatic carbocycles. The average molecular weight is 329 g/mol. The molecule has 0 saturated carbocycles. The van der Waals surface area contributed by atoms with Crippen molar-refractivity contribution >= 4 is 23.7 Å². The molecule has 4 N–H and O–H groups in total. The molecule has 0 aromatic heterocycles. The molecule has 0 bridgehead atoms. The number of hydrazone groups is 1. The first-order chi connectivity index (χ1) is 11.5. The molecule has 2 amide bonds. The fourth-order valence-electron chi connectivity index (χ4n) is 1.71. The van der Waals surface area contributed by atoms with Crippen LogP contribution in [0.2, 0.25) is 0 Å². The summed E-state index contributed by atoms with van der Waals surface area (Å²) in [6, 6.07) is 10.3. The van der Waals surface area contributed by atoms with Gasteiger partial charge in [-0.15, -0.1) is 0 Å². The number of methoxy groups -OCH3 is 1. The molecule has 0 aliphatic heterocycles. The average Bonchev–Trinajstić information content (AvgIpc) is 2.57. The minimum absolute atomic E-state index is 0.104. The molecule has 8 heteroatoms. The predicted molar refractivity (Wildman–Crippen MR) is 87.1 cm³/mol. The summed E-state index contributed by atoms with van der Waals surface area (Å²) in [4.78, 5) is 23.3. The maximum absolute atomic E-state index is 11.7. The summed E-state index contributed by atoms with van der Waals surface area (Å²) in [5.74, 6) is -1.56. The largest absolute Gasteiger partial charge is 0.508 e. The fourth-order valence-corrected chi connectivity index (χ4v) is 1.71. The number of aromatic hydroxyl groups is 2. The summed E-state index contributed by atoms with van der Waals surface area (Å²) in [5.41, 5.74) is 2.73. The van der Waals surface area contributed by atoms with Crippen LogP contribution >= 0.6 is 0 Å². The number of ether oxygens (including phenoxy) is 1. The van der Waals surface area contributed by atoms with Crippen LogP contribution in [0.15, 0.2) is 47.6 Å². The Kier molecular flexibility index (Phi) is 5.35. The predicted octanol–water partition coefficient (Wildman–Crippen LogP) is 1.20. The van der Waals surface area contributed by atoms with E-state index in [1.807, 2.05) is 5.43 Å². The van der Waals surface area contributed by atoms with E-state index in [1.54, 1.807) is 24.3 Å². The van der Waals surface area contributed by atoms with Crippen LogP contribution in [0.5, 0.6) is 17.2 Å². The van der Waals surface area contributed by atoms with Crippen LogP contribution in [0.3, 0.4) is 0 Å². The van der Waals surface area contributed by atoms with E-state index in [9.17, 15) is 14.7 Å². The van der Waals surface area contributed by atoms with Gasteiger partial charge < -0.3 is 20.3 Å². The van der Waals surface area contributed by atoms with Crippen molar-refractivity contribution in [2.24, 2.45) is 5.10 Å². The second kappa shape index (κ2) is 7.63. The molecular weight excluding hydrogens is 314 g/mol. The normalized spacial score (nSPS) is 10.4. The number of carbonyl (C=O) groups is 2. The second-order valence-electron chi connectivity index (χ2n) is 4.62. The Labute approximate surface area is 137 Å². The van der Waals surface area contributed by atoms with Gasteiger partial charge in [-0.25, -0.2) is 5.43 Å². The number of phenolic OH excluding ortho intramolecular Hbond substituents is 2. The van der Waals surface area contributed by atoms with E-state index in [1.165, 1.54) is 19.2 Å². The smallest absolute Gasteiger partial charge is 0.329 e. The molecule has 0 unspecified atom stereocenters. The lowest BCUT2D eigenvalue weighted by molar-refractivity contribution is -0.136. The highest BCUT2D eigenvalue weighted by Crippen LogP contribution is 2.20. The maximum Gasteiger partial charge on any atom is 0.329 e. The molecule has 0 heterocycles. The molecule has 0 atom stereocenters. The van der Waals surface area contributed by atoms with E-state index in [2.05, 4.69) is 10.4 Å². The number of rotatable bonds is 4. The van der Waals surface area contributed by atoms with Crippen molar-refractivity contribution in [2.75, 3.05) is 12.4 Å². The molecule has 2 rings (SSSR count). The van der Waals surface area contributed by atoms with Gasteiger partial charge in [0.25, 0.3) is 0 Å². The van der Waals surface area contributed by atoms with Crippen LogP contribution in [-0.4, -0.2) is 35.4 Å². The van der Waals surface area contributed by atoms with Crippen molar-refractivity contribution in [3.8, 4) is 17.2 Å². The number of nitrogens with zero attached hydrogens (tertiary/aromatic N) is 1. The molecule has 2 aromatic rings. The Morgan fingerprint density at radius 1 is 1.08 bits per heavy atom. The summed E-state index contributed by atoms with van der Waals surface area (Å²) < 4.78 is 4.99. The molecule has 8 nitrogen and oxygen atoms in total. The zero-order chi connectivity index (χ0) is 17.5. The molecule has 0 fully saturated rings. The van der Waals surface area contributed by atoms with E-state index in [-0.39, 0.29) is 17.1 Å². The zero-order valence-electron chi connectivity index (χ0n) is 12.7. The lowest BCUT2D eigenvalue weighted by atomic mass is 10.2. The van der Waals surface area contributed by atoms with Gasteiger partial charge >= 0.3 is 11.8 Å². The van der Waals surface area contributed by atoms with Gasteiger partial charge in [-0.3, -0.25) is 9.59 Å². The fraction of sp³-hybridized carbons (Fsp3) is 0.0625. The van der Waals surface area contributed by atoms with Gasteiger partial charge in [0, 0.05) is 17.3 Å². The highest BCUT2D eigenvalue weighted by atomic mass is 16.5. The summed E-state index contributed by atoms with van der Waals surface area (Å²) in [6.45, 7) is 0. The Morgan fingerprint density at radius 3 is 2.42 bits per heavy atom. The van der Waals surface area contributed by atoms with Gasteiger partial charge in [-0.2, -0.15) is 5.10 Å². The summed E-state index contributed by atoms with van der Waals surface area (Å²) in [6.07, 6.45) is 1.15. The van der Waals surface area contributed by atoms with Gasteiger partial charge in [-0.05, 0) is 36.4 Å². The Bertz CT molecular complexity index is 772. The highest BCUT2D eigenvalue weighted by Gasteiger charge is 2.12. The minimum atomic E-state index is -0.972. The number of hydrogen-bond acceptors (Lipinski definition) is 6. The van der Waals surface area contributed by atoms with E-state index in [4.69, 9.17) is 9.84 Å². The van der Waals surface area contributed by atoms with Crippen LogP contribution in [-0.2, 0) is 9.59 Å². The van der Waals surface area contributed by atoms with Crippen molar-refractivity contribution in [2.45, 2.75) is 0 Å². The van der Waals surface area contributed by atoms with Crippen molar-refractivity contribution < 1.29 is 24.5 Å². The van der Waals surface area contributed by atoms with E-state index in [0.29, 0.717) is 11.4 Å². The first kappa shape index (κ1) is 16.8. The van der Waals surface area contributed by atoms with E-state index >= 15 is 0 Å². The highest BCUT2D eigenvalue weighted by molar-refractivity contribution is 6.39. The number of phenols is 2. The molecular formula is C16H15N3O5. The van der Waals surface area contributed by atoms with Crippen molar-refractivity contribution in [3.05, 3.63) is 48.0 Å². The third-order valence-electron chi connectivity index (χ3n) is 2.94. The van der Waals surface area contributed by atoms with E-state index in [0.717, 1.165) is 12.3 Å². The first-order valence-electron chi connectivity index (χ1n) is 6.80. The lowest BCUT2D eigenvalue weighted by Crippen LogP contribution is -2.32. The van der Waals surface area contributed by atoms with Crippen LogP contribution in [0.4, 0.5) is 5.69 Å². The van der Waals surface area contributed by atoms with E-state index < -0.39 is 11.8 Å². The van der Waals surface area contributed by atoms with Crippen molar-refractivity contribution in [1.29, 1.82) is 0 Å². The van der Waals surface area contributed by atoms with Gasteiger partial charge in [0.2, 0.25) is 0 Å². The quantitative estimate of drug-likeness (QED) is 0.381. The zero-order valence-corrected chi connectivity index (χ0v) is 12.7. The van der Waals surface area contributed by atoms with Crippen LogP contribution in [0.25, 0.3) is 0 Å². The molecule has 0 spiro atoms. The van der Waals surface area contributed by atoms with Crippen LogP contribution < -0.4 is 15.5 Å². The maximum atomic E-state index is 11.7. The topological polar surface area (TPSA) is 120 Å². The van der Waals surface area contributed by atoms with Crippen LogP contribution in [0, 0.1) is 0 Å². The number of anilines is 1. The SMILES string of the molecule is COc1ccc(NC(=O)C(=O)N/N=C\c2ccc(O)cc2O)cc1. The summed E-state index contributed by atoms with van der Waals surface area (Å²) in [7, 11) is 1.52. The number of amides is 2. The third kappa shape index (κ3) is 4.47. The monoisotopic (exact) mass is 329 g/mol. The minimum Gasteiger partial charge on any atom is -0.508 e. The lowest BCUT2D eigenvalue weighted by Gasteiger charge is -2.05. The summed E-state index contributed by atoms with van der Waals surface area (Å²) >= 11 is 0. The number of carbonyl (C=O) groups excluding carboxylic acids is 2. The molecule has 124 valence electrons. The Hall–Kier alpha value is -3.55.